The zero-order valence-electron chi connectivity index (χ0n) is 15.7. The lowest BCUT2D eigenvalue weighted by molar-refractivity contribution is 0.442. The first kappa shape index (κ1) is 19.8. The van der Waals surface area contributed by atoms with Gasteiger partial charge in [0, 0.05) is 12.4 Å². The molecule has 3 aromatic rings. The molecule has 5 nitrogen and oxygen atoms in total. The molecule has 0 spiro atoms. The monoisotopic (exact) mass is 400 g/mol. The predicted octanol–water partition coefficient (Wildman–Crippen LogP) is 4.68. The molecule has 0 fully saturated rings. The largest absolute Gasteiger partial charge is 0.454 e. The van der Waals surface area contributed by atoms with Crippen molar-refractivity contribution in [2.45, 2.75) is 20.4 Å². The molecule has 0 bridgehead atoms. The van der Waals surface area contributed by atoms with Gasteiger partial charge in [-0.1, -0.05) is 12.1 Å². The second kappa shape index (κ2) is 8.39. The SMILES string of the molecule is CCS(=O)(=O)N(Cc1cccnc1)c1ccc(Oc2ccc(C)cc2F)cc1. The van der Waals surface area contributed by atoms with Gasteiger partial charge in [-0.2, -0.15) is 0 Å². The maximum Gasteiger partial charge on any atom is 0.235 e. The Morgan fingerprint density at radius 3 is 2.46 bits per heavy atom. The summed E-state index contributed by atoms with van der Waals surface area (Å²) in [4.78, 5) is 4.04. The normalized spacial score (nSPS) is 11.2. The first-order valence-corrected chi connectivity index (χ1v) is 10.4. The summed E-state index contributed by atoms with van der Waals surface area (Å²) in [7, 11) is -3.49. The Morgan fingerprint density at radius 1 is 1.11 bits per heavy atom. The van der Waals surface area contributed by atoms with Gasteiger partial charge in [-0.25, -0.2) is 12.8 Å². The average molecular weight is 400 g/mol. The summed E-state index contributed by atoms with van der Waals surface area (Å²) < 4.78 is 46.0. The minimum Gasteiger partial charge on any atom is -0.454 e. The fourth-order valence-electron chi connectivity index (χ4n) is 2.66. The van der Waals surface area contributed by atoms with Crippen LogP contribution in [0.1, 0.15) is 18.1 Å². The third-order valence-electron chi connectivity index (χ3n) is 4.19. The molecule has 3 rings (SSSR count). The van der Waals surface area contributed by atoms with Gasteiger partial charge in [-0.05, 0) is 67.4 Å². The molecule has 0 aliphatic heterocycles. The van der Waals surface area contributed by atoms with Crippen LogP contribution in [-0.2, 0) is 16.6 Å². The van der Waals surface area contributed by atoms with Crippen molar-refractivity contribution in [3.8, 4) is 11.5 Å². The van der Waals surface area contributed by atoms with Crippen LogP contribution in [-0.4, -0.2) is 19.2 Å². The molecule has 28 heavy (non-hydrogen) atoms. The highest BCUT2D eigenvalue weighted by molar-refractivity contribution is 7.92. The van der Waals surface area contributed by atoms with E-state index in [4.69, 9.17) is 4.74 Å². The number of benzene rings is 2. The van der Waals surface area contributed by atoms with Crippen molar-refractivity contribution in [3.63, 3.8) is 0 Å². The van der Waals surface area contributed by atoms with Crippen molar-refractivity contribution in [1.82, 2.24) is 4.98 Å². The Hall–Kier alpha value is -2.93. The molecular formula is C21H21FN2O3S. The van der Waals surface area contributed by atoms with Gasteiger partial charge in [-0.3, -0.25) is 9.29 Å². The molecule has 0 amide bonds. The smallest absolute Gasteiger partial charge is 0.235 e. The van der Waals surface area contributed by atoms with Gasteiger partial charge in [0.2, 0.25) is 10.0 Å². The first-order valence-electron chi connectivity index (χ1n) is 8.82. The minimum absolute atomic E-state index is 0.0277. The molecule has 0 saturated heterocycles. The molecule has 0 aliphatic carbocycles. The lowest BCUT2D eigenvalue weighted by Crippen LogP contribution is -2.31. The number of hydrogen-bond donors (Lipinski definition) is 0. The number of halogens is 1. The number of anilines is 1. The van der Waals surface area contributed by atoms with E-state index in [1.165, 1.54) is 10.4 Å². The van der Waals surface area contributed by atoms with Gasteiger partial charge in [0.15, 0.2) is 11.6 Å². The van der Waals surface area contributed by atoms with Gasteiger partial charge in [0.05, 0.1) is 18.0 Å². The van der Waals surface area contributed by atoms with Crippen LogP contribution in [0.15, 0.2) is 67.0 Å². The van der Waals surface area contributed by atoms with E-state index in [2.05, 4.69) is 4.98 Å². The predicted molar refractivity (Wildman–Crippen MR) is 108 cm³/mol. The third kappa shape index (κ3) is 4.67. The van der Waals surface area contributed by atoms with Crippen LogP contribution in [0, 0.1) is 12.7 Å². The lowest BCUT2D eigenvalue weighted by Gasteiger charge is -2.24. The van der Waals surface area contributed by atoms with E-state index >= 15 is 0 Å². The number of aromatic nitrogens is 1. The number of sulfonamides is 1. The van der Waals surface area contributed by atoms with Gasteiger partial charge in [-0.15, -0.1) is 0 Å². The Bertz CT molecular complexity index is 1040. The number of nitrogens with zero attached hydrogens (tertiary/aromatic N) is 2. The Labute approximate surface area is 164 Å². The van der Waals surface area contributed by atoms with Gasteiger partial charge in [0.1, 0.15) is 5.75 Å². The summed E-state index contributed by atoms with van der Waals surface area (Å²) in [5.74, 6) is 0.0596. The summed E-state index contributed by atoms with van der Waals surface area (Å²) in [6, 6.07) is 14.8. The van der Waals surface area contributed by atoms with Gasteiger partial charge < -0.3 is 4.74 Å². The van der Waals surface area contributed by atoms with Crippen molar-refractivity contribution in [2.75, 3.05) is 10.1 Å². The van der Waals surface area contributed by atoms with E-state index in [9.17, 15) is 12.8 Å². The Morgan fingerprint density at radius 2 is 1.86 bits per heavy atom. The quantitative estimate of drug-likeness (QED) is 0.578. The molecule has 1 aromatic heterocycles. The molecule has 7 heteroatoms. The van der Waals surface area contributed by atoms with Crippen LogP contribution in [0.2, 0.25) is 0 Å². The van der Waals surface area contributed by atoms with Gasteiger partial charge in [0.25, 0.3) is 0 Å². The highest BCUT2D eigenvalue weighted by Crippen LogP contribution is 2.28. The van der Waals surface area contributed by atoms with Crippen LogP contribution in [0.4, 0.5) is 10.1 Å². The molecule has 0 radical (unpaired) electrons. The molecule has 0 atom stereocenters. The van der Waals surface area contributed by atoms with E-state index in [0.717, 1.165) is 11.1 Å². The Balaban J connectivity index is 1.85. The summed E-state index contributed by atoms with van der Waals surface area (Å²) in [6.45, 7) is 3.58. The summed E-state index contributed by atoms with van der Waals surface area (Å²) >= 11 is 0. The highest BCUT2D eigenvalue weighted by Gasteiger charge is 2.21. The van der Waals surface area contributed by atoms with E-state index in [1.807, 2.05) is 6.07 Å². The van der Waals surface area contributed by atoms with E-state index in [1.54, 1.807) is 68.7 Å². The molecule has 2 aromatic carbocycles. The van der Waals surface area contributed by atoms with Crippen LogP contribution < -0.4 is 9.04 Å². The second-order valence-electron chi connectivity index (χ2n) is 6.30. The summed E-state index contributed by atoms with van der Waals surface area (Å²) in [5, 5.41) is 0. The van der Waals surface area contributed by atoms with Crippen LogP contribution in [0.5, 0.6) is 11.5 Å². The molecule has 0 unspecified atom stereocenters. The van der Waals surface area contributed by atoms with Crippen molar-refractivity contribution >= 4 is 15.7 Å². The number of ether oxygens (including phenoxy) is 1. The molecular weight excluding hydrogens is 379 g/mol. The number of aryl methyl sites for hydroxylation is 1. The molecule has 146 valence electrons. The van der Waals surface area contributed by atoms with E-state index in [0.29, 0.717) is 11.4 Å². The number of rotatable bonds is 7. The topological polar surface area (TPSA) is 59.5 Å². The molecule has 1 heterocycles. The van der Waals surface area contributed by atoms with Crippen molar-refractivity contribution in [3.05, 3.63) is 83.9 Å². The molecule has 0 N–H and O–H groups in total. The summed E-state index contributed by atoms with van der Waals surface area (Å²) in [6.07, 6.45) is 3.27. The summed E-state index contributed by atoms with van der Waals surface area (Å²) in [5.41, 5.74) is 2.08. The maximum absolute atomic E-state index is 14.0. The molecule has 0 saturated carbocycles. The third-order valence-corrected chi connectivity index (χ3v) is 5.93. The van der Waals surface area contributed by atoms with Crippen molar-refractivity contribution in [1.29, 1.82) is 0 Å². The zero-order valence-corrected chi connectivity index (χ0v) is 16.5. The van der Waals surface area contributed by atoms with Crippen LogP contribution >= 0.6 is 0 Å². The zero-order chi connectivity index (χ0) is 20.1. The van der Waals surface area contributed by atoms with Crippen molar-refractivity contribution in [2.24, 2.45) is 0 Å². The minimum atomic E-state index is -3.49. The second-order valence-corrected chi connectivity index (χ2v) is 8.48. The Kier molecular flexibility index (Phi) is 5.94. The number of pyridine rings is 1. The fraction of sp³-hybridized carbons (Fsp3) is 0.190. The van der Waals surface area contributed by atoms with Crippen LogP contribution in [0.25, 0.3) is 0 Å². The average Bonchev–Trinajstić information content (AvgIpc) is 2.70. The van der Waals surface area contributed by atoms with Gasteiger partial charge >= 0.3 is 0 Å². The van der Waals surface area contributed by atoms with E-state index < -0.39 is 15.8 Å². The maximum atomic E-state index is 14.0. The number of hydrogen-bond acceptors (Lipinski definition) is 4. The van der Waals surface area contributed by atoms with Crippen LogP contribution in [0.3, 0.4) is 0 Å². The molecule has 0 aliphatic rings. The fourth-order valence-corrected chi connectivity index (χ4v) is 3.76. The standard InChI is InChI=1S/C21H21FN2O3S/c1-3-28(25,26)24(15-17-5-4-12-23-14-17)18-7-9-19(10-8-18)27-21-11-6-16(2)13-20(21)22/h4-14H,3,15H2,1-2H3. The highest BCUT2D eigenvalue weighted by atomic mass is 32.2. The first-order chi connectivity index (χ1) is 13.4. The lowest BCUT2D eigenvalue weighted by atomic mass is 10.2. The van der Waals surface area contributed by atoms with E-state index in [-0.39, 0.29) is 18.0 Å². The van der Waals surface area contributed by atoms with Crippen molar-refractivity contribution < 1.29 is 17.5 Å².